The van der Waals surface area contributed by atoms with Gasteiger partial charge in [0.2, 0.25) is 5.91 Å². The molecule has 1 atom stereocenters. The lowest BCUT2D eigenvalue weighted by molar-refractivity contribution is -0.117. The quantitative estimate of drug-likeness (QED) is 0.724. The molecule has 0 fully saturated rings. The van der Waals surface area contributed by atoms with E-state index in [1.165, 1.54) is 6.20 Å². The minimum atomic E-state index is -0.709. The summed E-state index contributed by atoms with van der Waals surface area (Å²) in [6.45, 7) is 0. The molecule has 132 valence electrons. The Morgan fingerprint density at radius 3 is 2.48 bits per heavy atom. The lowest BCUT2D eigenvalue weighted by Gasteiger charge is -2.14. The van der Waals surface area contributed by atoms with Gasteiger partial charge in [0.05, 0.1) is 17.9 Å². The predicted molar refractivity (Wildman–Crippen MR) is 105 cm³/mol. The summed E-state index contributed by atoms with van der Waals surface area (Å²) < 4.78 is 0. The molecule has 1 amide bonds. The Morgan fingerprint density at radius 2 is 1.92 bits per heavy atom. The van der Waals surface area contributed by atoms with Gasteiger partial charge in [0, 0.05) is 31.9 Å². The van der Waals surface area contributed by atoms with Crippen LogP contribution in [0, 0.1) is 11.8 Å². The molecular weight excluding hydrogens is 338 g/mol. The van der Waals surface area contributed by atoms with Crippen molar-refractivity contribution >= 4 is 35.4 Å². The van der Waals surface area contributed by atoms with Gasteiger partial charge < -0.3 is 21.7 Å². The van der Waals surface area contributed by atoms with Crippen molar-refractivity contribution in [2.24, 2.45) is 5.73 Å². The smallest absolute Gasteiger partial charge is 0.242 e. The molecule has 1 unspecified atom stereocenters. The number of nitrogens with zero attached hydrogens (tertiary/aromatic N) is 2. The zero-order valence-corrected chi connectivity index (χ0v) is 15.0. The van der Waals surface area contributed by atoms with Gasteiger partial charge in [-0.25, -0.2) is 4.98 Å². The minimum absolute atomic E-state index is 0. The molecule has 0 spiro atoms. The van der Waals surface area contributed by atoms with Gasteiger partial charge in [0.25, 0.3) is 0 Å². The van der Waals surface area contributed by atoms with E-state index >= 15 is 0 Å². The zero-order chi connectivity index (χ0) is 17.5. The number of aromatic nitrogens is 1. The summed E-state index contributed by atoms with van der Waals surface area (Å²) in [4.78, 5) is 18.1. The Labute approximate surface area is 154 Å². The number of hydrogen-bond donors (Lipinski definition) is 3. The number of hydrogen-bond acceptors (Lipinski definition) is 5. The van der Waals surface area contributed by atoms with E-state index in [9.17, 15) is 4.79 Å². The molecule has 0 aliphatic heterocycles. The van der Waals surface area contributed by atoms with Crippen molar-refractivity contribution in [1.82, 2.24) is 4.98 Å². The van der Waals surface area contributed by atoms with E-state index in [1.807, 2.05) is 43.3 Å². The van der Waals surface area contributed by atoms with E-state index in [0.29, 0.717) is 17.1 Å². The highest BCUT2D eigenvalue weighted by Crippen LogP contribution is 2.15. The maximum absolute atomic E-state index is 12.1. The molecule has 0 aliphatic carbocycles. The maximum atomic E-state index is 12.1. The van der Waals surface area contributed by atoms with Crippen LogP contribution in [0.2, 0.25) is 0 Å². The van der Waals surface area contributed by atoms with Crippen molar-refractivity contribution in [2.75, 3.05) is 30.0 Å². The molecule has 2 rings (SSSR count). The fourth-order valence-electron chi connectivity index (χ4n) is 1.90. The molecule has 0 saturated carbocycles. The van der Waals surface area contributed by atoms with Crippen molar-refractivity contribution in [3.63, 3.8) is 0 Å². The first-order chi connectivity index (χ1) is 11.5. The molecule has 6 nitrogen and oxygen atoms in total. The normalized spacial score (nSPS) is 10.7. The van der Waals surface area contributed by atoms with Crippen LogP contribution in [-0.2, 0) is 4.79 Å². The molecule has 0 aliphatic rings. The number of benzene rings is 1. The number of anilines is 3. The summed E-state index contributed by atoms with van der Waals surface area (Å²) in [5, 5.41) is 2.78. The third kappa shape index (κ3) is 6.34. The third-order valence-electron chi connectivity index (χ3n) is 3.31. The van der Waals surface area contributed by atoms with Crippen molar-refractivity contribution in [1.29, 1.82) is 0 Å². The van der Waals surface area contributed by atoms with Gasteiger partial charge in [-0.3, -0.25) is 4.79 Å². The first-order valence-corrected chi connectivity index (χ1v) is 7.50. The lowest BCUT2D eigenvalue weighted by Crippen LogP contribution is -2.35. The maximum Gasteiger partial charge on any atom is 0.242 e. The molecule has 1 aromatic heterocycles. The molecule has 25 heavy (non-hydrogen) atoms. The molecule has 0 saturated heterocycles. The van der Waals surface area contributed by atoms with Gasteiger partial charge in [-0.1, -0.05) is 5.92 Å². The largest absolute Gasteiger partial charge is 0.397 e. The molecule has 7 heteroatoms. The van der Waals surface area contributed by atoms with E-state index in [0.717, 1.165) is 5.69 Å². The first kappa shape index (κ1) is 20.3. The number of rotatable bonds is 4. The van der Waals surface area contributed by atoms with E-state index in [4.69, 9.17) is 11.5 Å². The van der Waals surface area contributed by atoms with Crippen molar-refractivity contribution in [3.05, 3.63) is 48.3 Å². The van der Waals surface area contributed by atoms with Crippen molar-refractivity contribution < 1.29 is 4.79 Å². The number of nitrogens with two attached hydrogens (primary N) is 2. The predicted octanol–water partition coefficient (Wildman–Crippen LogP) is 1.86. The average molecular weight is 360 g/mol. The number of nitrogen functional groups attached to an aromatic ring is 1. The molecule has 0 bridgehead atoms. The number of carbonyl (C=O) groups is 1. The van der Waals surface area contributed by atoms with Gasteiger partial charge >= 0.3 is 0 Å². The van der Waals surface area contributed by atoms with Crippen LogP contribution in [0.4, 0.5) is 17.1 Å². The van der Waals surface area contributed by atoms with Crippen LogP contribution in [0.1, 0.15) is 12.1 Å². The molecule has 1 aromatic carbocycles. The van der Waals surface area contributed by atoms with E-state index in [-0.39, 0.29) is 24.7 Å². The summed E-state index contributed by atoms with van der Waals surface area (Å²) in [7, 11) is 3.91. The lowest BCUT2D eigenvalue weighted by atomic mass is 10.2. The Balaban J connectivity index is 0.00000312. The van der Waals surface area contributed by atoms with Crippen LogP contribution >= 0.6 is 12.4 Å². The third-order valence-corrected chi connectivity index (χ3v) is 3.31. The monoisotopic (exact) mass is 359 g/mol. The Kier molecular flexibility index (Phi) is 7.73. The second kappa shape index (κ2) is 9.52. The van der Waals surface area contributed by atoms with Crippen LogP contribution in [-0.4, -0.2) is 31.0 Å². The highest BCUT2D eigenvalue weighted by atomic mass is 35.5. The van der Waals surface area contributed by atoms with Gasteiger partial charge in [0.1, 0.15) is 5.69 Å². The molecule has 1 heterocycles. The second-order valence-corrected chi connectivity index (χ2v) is 5.52. The fourth-order valence-corrected chi connectivity index (χ4v) is 1.90. The number of nitrogens with one attached hydrogen (secondary N) is 1. The van der Waals surface area contributed by atoms with Crippen LogP contribution in [0.25, 0.3) is 0 Å². The van der Waals surface area contributed by atoms with Crippen molar-refractivity contribution in [3.8, 4) is 11.8 Å². The topological polar surface area (TPSA) is 97.3 Å². The number of halogens is 1. The van der Waals surface area contributed by atoms with Crippen LogP contribution in [0.5, 0.6) is 0 Å². The number of amides is 1. The van der Waals surface area contributed by atoms with Gasteiger partial charge in [0.15, 0.2) is 0 Å². The summed E-state index contributed by atoms with van der Waals surface area (Å²) in [6.07, 6.45) is 1.78. The van der Waals surface area contributed by atoms with Crippen LogP contribution < -0.4 is 21.7 Å². The van der Waals surface area contributed by atoms with E-state index in [1.54, 1.807) is 12.1 Å². The first-order valence-electron chi connectivity index (χ1n) is 7.50. The summed E-state index contributed by atoms with van der Waals surface area (Å²) in [5.41, 5.74) is 14.4. The molecule has 2 aromatic rings. The summed E-state index contributed by atoms with van der Waals surface area (Å²) >= 11 is 0. The SMILES string of the molecule is CN(C)c1ccc(NC(=O)C(N)CC#Cc2ccc(N)cn2)cc1.Cl. The highest BCUT2D eigenvalue weighted by Gasteiger charge is 2.12. The Hall–Kier alpha value is -2.75. The van der Waals surface area contributed by atoms with E-state index in [2.05, 4.69) is 22.1 Å². The summed E-state index contributed by atoms with van der Waals surface area (Å²) in [6, 6.07) is 10.3. The number of carbonyl (C=O) groups excluding carboxylic acids is 1. The average Bonchev–Trinajstić information content (AvgIpc) is 2.57. The zero-order valence-electron chi connectivity index (χ0n) is 14.2. The number of pyridine rings is 1. The standard InChI is InChI=1S/C18H21N5O.ClH/c1-23(2)16-10-8-15(9-11-16)22-18(24)17(20)5-3-4-14-7-6-13(19)12-21-14;/h6-12,17H,5,19-20H2,1-2H3,(H,22,24);1H. The molecular formula is C18H22ClN5O. The summed E-state index contributed by atoms with van der Waals surface area (Å²) in [5.74, 6) is 5.45. The van der Waals surface area contributed by atoms with Gasteiger partial charge in [-0.2, -0.15) is 0 Å². The second-order valence-electron chi connectivity index (χ2n) is 5.52. The van der Waals surface area contributed by atoms with Crippen LogP contribution in [0.3, 0.4) is 0 Å². The van der Waals surface area contributed by atoms with Crippen LogP contribution in [0.15, 0.2) is 42.6 Å². The highest BCUT2D eigenvalue weighted by molar-refractivity contribution is 5.95. The van der Waals surface area contributed by atoms with E-state index < -0.39 is 6.04 Å². The van der Waals surface area contributed by atoms with Gasteiger partial charge in [-0.15, -0.1) is 12.4 Å². The van der Waals surface area contributed by atoms with Gasteiger partial charge in [-0.05, 0) is 42.3 Å². The van der Waals surface area contributed by atoms with Crippen molar-refractivity contribution in [2.45, 2.75) is 12.5 Å². The Bertz CT molecular complexity index is 748. The fraction of sp³-hybridized carbons (Fsp3) is 0.222. The molecule has 5 N–H and O–H groups in total. The minimum Gasteiger partial charge on any atom is -0.397 e. The molecule has 0 radical (unpaired) electrons. The Morgan fingerprint density at radius 1 is 1.24 bits per heavy atom.